The highest BCUT2D eigenvalue weighted by Gasteiger charge is 2.75. The van der Waals surface area contributed by atoms with Gasteiger partial charge in [-0.1, -0.05) is 18.6 Å². The van der Waals surface area contributed by atoms with E-state index >= 15 is 0 Å². The Morgan fingerprint density at radius 3 is 2.67 bits per heavy atom. The maximum absolute atomic E-state index is 13.1. The number of aliphatic imine (C=N–C) groups is 1. The standard InChI is InChI=1S/C20H25F3N6O4/c1-3-12-15-18(28-16(24)27-15)19(31,32)13(8-29(18)17(25)26-12)33-14(30)7-10-4-9(2)5-11(6-10)20(21,22)23/h4-6,12-13,15,31-32H,3,7-8H2,1-2H3,(H5,24,25,26,27,28)/p+1/t12-,13-,15-,18-/m0/s1. The number of ether oxygens (including phenoxy) is 1. The molecule has 1 aromatic carbocycles. The number of aliphatic hydroxyl groups is 2. The summed E-state index contributed by atoms with van der Waals surface area (Å²) in [6.07, 6.45) is -6.00. The quantitative estimate of drug-likeness (QED) is 0.183. The molecule has 3 aliphatic rings. The second kappa shape index (κ2) is 7.48. The molecular weight excluding hydrogens is 445 g/mol. The number of nitrogens with one attached hydrogen (secondary N) is 2. The molecule has 0 unspecified atom stereocenters. The summed E-state index contributed by atoms with van der Waals surface area (Å²) < 4.78 is 46.1. The highest BCUT2D eigenvalue weighted by atomic mass is 19.4. The van der Waals surface area contributed by atoms with Crippen molar-refractivity contribution in [2.75, 3.05) is 6.54 Å². The summed E-state index contributed by atoms with van der Waals surface area (Å²) in [6.45, 7) is 3.14. The number of nitrogens with zero attached hydrogens (tertiary/aromatic N) is 2. The van der Waals surface area contributed by atoms with E-state index in [9.17, 15) is 28.2 Å². The van der Waals surface area contributed by atoms with Gasteiger partial charge in [0.2, 0.25) is 5.66 Å². The number of nitrogens with two attached hydrogens (primary N) is 2. The Hall–Kier alpha value is -3.06. The molecule has 4 rings (SSSR count). The number of benzene rings is 1. The first kappa shape index (κ1) is 23.1. The molecule has 33 heavy (non-hydrogen) atoms. The van der Waals surface area contributed by atoms with Crippen LogP contribution in [0.2, 0.25) is 0 Å². The van der Waals surface area contributed by atoms with Crippen LogP contribution in [0, 0.1) is 6.92 Å². The van der Waals surface area contributed by atoms with Gasteiger partial charge in [-0.25, -0.2) is 9.57 Å². The molecule has 1 aromatic rings. The van der Waals surface area contributed by atoms with E-state index in [0.29, 0.717) is 12.0 Å². The third kappa shape index (κ3) is 3.55. The summed E-state index contributed by atoms with van der Waals surface area (Å²) >= 11 is 0. The molecule has 10 nitrogen and oxygen atoms in total. The molecule has 3 aliphatic heterocycles. The summed E-state index contributed by atoms with van der Waals surface area (Å²) in [5, 5.41) is 28.2. The van der Waals surface area contributed by atoms with Crippen LogP contribution in [0.3, 0.4) is 0 Å². The highest BCUT2D eigenvalue weighted by molar-refractivity contribution is 5.83. The molecule has 0 saturated carbocycles. The topological polar surface area (TPSA) is 158 Å². The van der Waals surface area contributed by atoms with Crippen LogP contribution in [0.15, 0.2) is 23.2 Å². The van der Waals surface area contributed by atoms with Crippen molar-refractivity contribution in [2.24, 2.45) is 16.5 Å². The van der Waals surface area contributed by atoms with Crippen LogP contribution < -0.4 is 22.1 Å². The Morgan fingerprint density at radius 2 is 2.03 bits per heavy atom. The number of hydrogen-bond acceptors (Lipinski definition) is 9. The van der Waals surface area contributed by atoms with Gasteiger partial charge in [-0.15, -0.1) is 0 Å². The lowest BCUT2D eigenvalue weighted by Gasteiger charge is -2.43. The van der Waals surface area contributed by atoms with Gasteiger partial charge in [-0.2, -0.15) is 13.2 Å². The number of hydrogen-bond donors (Lipinski definition) is 6. The zero-order valence-corrected chi connectivity index (χ0v) is 18.0. The molecule has 1 saturated heterocycles. The Morgan fingerprint density at radius 1 is 1.33 bits per heavy atom. The van der Waals surface area contributed by atoms with E-state index < -0.39 is 47.7 Å². The van der Waals surface area contributed by atoms with E-state index in [1.165, 1.54) is 17.6 Å². The fraction of sp³-hybridized carbons (Fsp3) is 0.550. The lowest BCUT2D eigenvalue weighted by Crippen LogP contribution is -2.78. The normalized spacial score (nSPS) is 30.2. The molecule has 0 radical (unpaired) electrons. The van der Waals surface area contributed by atoms with Crippen LogP contribution in [0.1, 0.15) is 30.0 Å². The molecule has 4 atom stereocenters. The van der Waals surface area contributed by atoms with Crippen molar-refractivity contribution in [3.8, 4) is 0 Å². The molecule has 8 N–H and O–H groups in total. The van der Waals surface area contributed by atoms with Gasteiger partial charge >= 0.3 is 18.1 Å². The predicted molar refractivity (Wildman–Crippen MR) is 110 cm³/mol. The summed E-state index contributed by atoms with van der Waals surface area (Å²) in [5.41, 5.74) is 9.83. The number of carbonyl (C=O) groups excluding carboxylic acids is 1. The van der Waals surface area contributed by atoms with Gasteiger partial charge in [-0.3, -0.25) is 15.8 Å². The van der Waals surface area contributed by atoms with E-state index in [0.717, 1.165) is 12.1 Å². The fourth-order valence-corrected chi connectivity index (χ4v) is 4.92. The molecule has 3 heterocycles. The molecular formula is C20H26F3N6O4+. The average molecular weight is 471 g/mol. The minimum absolute atomic E-state index is 0.0288. The minimum Gasteiger partial charge on any atom is -0.453 e. The molecule has 0 bridgehead atoms. The highest BCUT2D eigenvalue weighted by Crippen LogP contribution is 2.43. The summed E-state index contributed by atoms with van der Waals surface area (Å²) in [6, 6.07) is 2.13. The smallest absolute Gasteiger partial charge is 0.416 e. The first-order valence-corrected chi connectivity index (χ1v) is 10.4. The monoisotopic (exact) mass is 471 g/mol. The first-order valence-electron chi connectivity index (χ1n) is 10.4. The van der Waals surface area contributed by atoms with E-state index in [2.05, 4.69) is 15.6 Å². The molecule has 1 fully saturated rings. The van der Waals surface area contributed by atoms with Crippen molar-refractivity contribution in [1.29, 1.82) is 0 Å². The number of guanidine groups is 2. The van der Waals surface area contributed by atoms with Crippen molar-refractivity contribution in [2.45, 2.75) is 62.5 Å². The maximum atomic E-state index is 13.1. The Labute approximate surface area is 187 Å². The summed E-state index contributed by atoms with van der Waals surface area (Å²) in [7, 11) is 0. The lowest BCUT2D eigenvalue weighted by atomic mass is 9.85. The van der Waals surface area contributed by atoms with Gasteiger partial charge in [0, 0.05) is 0 Å². The second-order valence-electron chi connectivity index (χ2n) is 8.59. The van der Waals surface area contributed by atoms with E-state index in [1.807, 2.05) is 6.92 Å². The number of esters is 1. The number of carbonyl (C=O) groups is 1. The summed E-state index contributed by atoms with van der Waals surface area (Å²) in [5.74, 6) is -3.50. The van der Waals surface area contributed by atoms with E-state index in [1.54, 1.807) is 0 Å². The molecule has 1 spiro atoms. The van der Waals surface area contributed by atoms with Crippen molar-refractivity contribution < 1.29 is 37.5 Å². The van der Waals surface area contributed by atoms with Gasteiger partial charge in [-0.05, 0) is 31.0 Å². The van der Waals surface area contributed by atoms with Crippen LogP contribution in [0.4, 0.5) is 13.2 Å². The predicted octanol–water partition coefficient (Wildman–Crippen LogP) is -1.15. The molecule has 0 amide bonds. The third-order valence-corrected chi connectivity index (χ3v) is 6.34. The second-order valence-corrected chi connectivity index (χ2v) is 8.59. The van der Waals surface area contributed by atoms with Crippen LogP contribution in [-0.4, -0.2) is 68.9 Å². The van der Waals surface area contributed by atoms with Gasteiger partial charge in [0.15, 0.2) is 12.1 Å². The Balaban J connectivity index is 1.59. The molecule has 0 aliphatic carbocycles. The van der Waals surface area contributed by atoms with Gasteiger partial charge < -0.3 is 26.0 Å². The van der Waals surface area contributed by atoms with Crippen molar-refractivity contribution in [3.05, 3.63) is 34.9 Å². The summed E-state index contributed by atoms with van der Waals surface area (Å²) in [4.78, 5) is 16.9. The Bertz CT molecular complexity index is 1060. The van der Waals surface area contributed by atoms with E-state index in [4.69, 9.17) is 16.2 Å². The lowest BCUT2D eigenvalue weighted by molar-refractivity contribution is -0.623. The zero-order chi connectivity index (χ0) is 24.3. The number of rotatable bonds is 4. The van der Waals surface area contributed by atoms with Crippen LogP contribution in [-0.2, 0) is 22.1 Å². The van der Waals surface area contributed by atoms with Crippen molar-refractivity contribution in [1.82, 2.24) is 10.6 Å². The molecule has 180 valence electrons. The average Bonchev–Trinajstić information content (AvgIpc) is 3.15. The van der Waals surface area contributed by atoms with Crippen LogP contribution in [0.25, 0.3) is 0 Å². The maximum Gasteiger partial charge on any atom is 0.416 e. The fourth-order valence-electron chi connectivity index (χ4n) is 4.92. The third-order valence-electron chi connectivity index (χ3n) is 6.34. The van der Waals surface area contributed by atoms with Gasteiger partial charge in [0.1, 0.15) is 18.6 Å². The van der Waals surface area contributed by atoms with Crippen molar-refractivity contribution in [3.63, 3.8) is 0 Å². The molecule has 0 aromatic heterocycles. The largest absolute Gasteiger partial charge is 0.453 e. The van der Waals surface area contributed by atoms with Gasteiger partial charge in [0.05, 0.1) is 12.0 Å². The zero-order valence-electron chi connectivity index (χ0n) is 18.0. The van der Waals surface area contributed by atoms with Crippen molar-refractivity contribution >= 4 is 17.9 Å². The SMILES string of the molecule is CC[C@@H]1NC(N)=[N+]2C[C@H](OC(=O)Cc3cc(C)cc(C(F)(F)F)c3)C(O)(O)[C@@]23NC(N)=N[C@@H]13. The minimum atomic E-state index is -4.57. The van der Waals surface area contributed by atoms with E-state index in [-0.39, 0.29) is 30.1 Å². The van der Waals surface area contributed by atoms with Crippen LogP contribution >= 0.6 is 0 Å². The number of halogens is 3. The van der Waals surface area contributed by atoms with Crippen LogP contribution in [0.5, 0.6) is 0 Å². The number of aryl methyl sites for hydroxylation is 1. The number of alkyl halides is 3. The first-order chi connectivity index (χ1) is 15.3. The Kier molecular flexibility index (Phi) is 5.24. The van der Waals surface area contributed by atoms with Gasteiger partial charge in [0.25, 0.3) is 5.79 Å². The molecule has 13 heteroatoms.